The topological polar surface area (TPSA) is 92.7 Å². The molecule has 1 rings (SSSR count). The number of carboxylic acid groups (broad SMARTS) is 1. The van der Waals surface area contributed by atoms with Gasteiger partial charge < -0.3 is 15.2 Å². The standard InChI is InChI=1S/C14H21NO5S/c1-4-20-9-5-8-15-13-10(2)11(14(16)17)6-7-12(13)21(3,18)19/h6-7,15H,4-5,8-9H2,1-3H3,(H,16,17). The Labute approximate surface area is 125 Å². The van der Waals surface area contributed by atoms with Gasteiger partial charge in [0.15, 0.2) is 9.84 Å². The van der Waals surface area contributed by atoms with Gasteiger partial charge in [-0.05, 0) is 38.0 Å². The Balaban J connectivity index is 3.07. The molecule has 2 N–H and O–H groups in total. The second-order valence-electron chi connectivity index (χ2n) is 4.67. The SMILES string of the molecule is CCOCCCNc1c(S(C)(=O)=O)ccc(C(=O)O)c1C. The third-order valence-corrected chi connectivity index (χ3v) is 4.17. The Morgan fingerprint density at radius 2 is 2.05 bits per heavy atom. The molecule has 0 aliphatic carbocycles. The van der Waals surface area contributed by atoms with E-state index >= 15 is 0 Å². The number of anilines is 1. The fourth-order valence-corrected chi connectivity index (χ4v) is 2.89. The minimum atomic E-state index is -3.43. The molecule has 0 radical (unpaired) electrons. The molecule has 0 fully saturated rings. The Morgan fingerprint density at radius 1 is 1.38 bits per heavy atom. The Morgan fingerprint density at radius 3 is 2.57 bits per heavy atom. The minimum Gasteiger partial charge on any atom is -0.478 e. The van der Waals surface area contributed by atoms with Crippen LogP contribution in [0.15, 0.2) is 17.0 Å². The summed E-state index contributed by atoms with van der Waals surface area (Å²) in [5, 5.41) is 12.1. The van der Waals surface area contributed by atoms with Gasteiger partial charge in [-0.3, -0.25) is 0 Å². The van der Waals surface area contributed by atoms with Gasteiger partial charge in [0, 0.05) is 26.0 Å². The lowest BCUT2D eigenvalue weighted by molar-refractivity contribution is 0.0696. The van der Waals surface area contributed by atoms with Crippen LogP contribution in [0.25, 0.3) is 0 Å². The van der Waals surface area contributed by atoms with Crippen LogP contribution in [0.3, 0.4) is 0 Å². The highest BCUT2D eigenvalue weighted by molar-refractivity contribution is 7.90. The van der Waals surface area contributed by atoms with Crippen molar-refractivity contribution in [3.8, 4) is 0 Å². The normalized spacial score (nSPS) is 11.4. The number of sulfone groups is 1. The number of aromatic carboxylic acids is 1. The summed E-state index contributed by atoms with van der Waals surface area (Å²) in [7, 11) is -3.43. The van der Waals surface area contributed by atoms with Crippen LogP contribution in [0.5, 0.6) is 0 Å². The Bertz CT molecular complexity index is 610. The van der Waals surface area contributed by atoms with Crippen LogP contribution in [0.1, 0.15) is 29.3 Å². The first-order valence-electron chi connectivity index (χ1n) is 6.67. The second-order valence-corrected chi connectivity index (χ2v) is 6.65. The van der Waals surface area contributed by atoms with E-state index in [0.717, 1.165) is 6.26 Å². The Hall–Kier alpha value is -1.60. The molecule has 0 heterocycles. The van der Waals surface area contributed by atoms with E-state index in [-0.39, 0.29) is 10.5 Å². The van der Waals surface area contributed by atoms with Gasteiger partial charge >= 0.3 is 5.97 Å². The van der Waals surface area contributed by atoms with Crippen molar-refractivity contribution >= 4 is 21.5 Å². The van der Waals surface area contributed by atoms with Gasteiger partial charge in [0.1, 0.15) is 0 Å². The van der Waals surface area contributed by atoms with Crippen LogP contribution in [0, 0.1) is 6.92 Å². The van der Waals surface area contributed by atoms with Gasteiger partial charge in [0.05, 0.1) is 16.1 Å². The van der Waals surface area contributed by atoms with E-state index in [4.69, 9.17) is 9.84 Å². The summed E-state index contributed by atoms with van der Waals surface area (Å²) < 4.78 is 28.8. The maximum atomic E-state index is 11.8. The average molecular weight is 315 g/mol. The lowest BCUT2D eigenvalue weighted by atomic mass is 10.1. The number of ether oxygens (including phenoxy) is 1. The molecule has 0 atom stereocenters. The minimum absolute atomic E-state index is 0.0923. The number of carboxylic acids is 1. The van der Waals surface area contributed by atoms with Crippen LogP contribution >= 0.6 is 0 Å². The van der Waals surface area contributed by atoms with E-state index in [1.807, 2.05) is 6.92 Å². The van der Waals surface area contributed by atoms with E-state index in [1.165, 1.54) is 12.1 Å². The van der Waals surface area contributed by atoms with Crippen molar-refractivity contribution in [3.63, 3.8) is 0 Å². The molecule has 6 nitrogen and oxygen atoms in total. The van der Waals surface area contributed by atoms with Gasteiger partial charge in [0.25, 0.3) is 0 Å². The van der Waals surface area contributed by atoms with Crippen molar-refractivity contribution in [1.82, 2.24) is 0 Å². The molecule has 0 amide bonds. The predicted octanol–water partition coefficient (Wildman–Crippen LogP) is 1.94. The monoisotopic (exact) mass is 315 g/mol. The van der Waals surface area contributed by atoms with Gasteiger partial charge in [-0.2, -0.15) is 0 Å². The van der Waals surface area contributed by atoms with E-state index in [2.05, 4.69) is 5.32 Å². The molecule has 0 saturated carbocycles. The second kappa shape index (κ2) is 7.42. The van der Waals surface area contributed by atoms with Crippen molar-refractivity contribution in [2.75, 3.05) is 31.3 Å². The lowest BCUT2D eigenvalue weighted by Gasteiger charge is -2.15. The van der Waals surface area contributed by atoms with Crippen molar-refractivity contribution in [3.05, 3.63) is 23.3 Å². The summed E-state index contributed by atoms with van der Waals surface area (Å²) in [6, 6.07) is 2.65. The number of hydrogen-bond donors (Lipinski definition) is 2. The molecular weight excluding hydrogens is 294 g/mol. The van der Waals surface area contributed by atoms with Gasteiger partial charge in [-0.15, -0.1) is 0 Å². The van der Waals surface area contributed by atoms with Gasteiger partial charge in [-0.1, -0.05) is 0 Å². The van der Waals surface area contributed by atoms with Crippen molar-refractivity contribution < 1.29 is 23.1 Å². The van der Waals surface area contributed by atoms with Crippen molar-refractivity contribution in [1.29, 1.82) is 0 Å². The van der Waals surface area contributed by atoms with E-state index < -0.39 is 15.8 Å². The predicted molar refractivity (Wildman–Crippen MR) is 80.8 cm³/mol. The summed E-state index contributed by atoms with van der Waals surface area (Å²) in [6.07, 6.45) is 1.81. The number of benzene rings is 1. The maximum Gasteiger partial charge on any atom is 0.336 e. The first-order valence-corrected chi connectivity index (χ1v) is 8.56. The van der Waals surface area contributed by atoms with Crippen molar-refractivity contribution in [2.45, 2.75) is 25.2 Å². The van der Waals surface area contributed by atoms with Crippen molar-refractivity contribution in [2.24, 2.45) is 0 Å². The fraction of sp³-hybridized carbons (Fsp3) is 0.500. The van der Waals surface area contributed by atoms with Gasteiger partial charge in [0.2, 0.25) is 0 Å². The molecule has 0 bridgehead atoms. The lowest BCUT2D eigenvalue weighted by Crippen LogP contribution is -2.13. The van der Waals surface area contributed by atoms with E-state index in [9.17, 15) is 13.2 Å². The van der Waals surface area contributed by atoms with Gasteiger partial charge in [-0.25, -0.2) is 13.2 Å². The highest BCUT2D eigenvalue weighted by Crippen LogP contribution is 2.28. The quantitative estimate of drug-likeness (QED) is 0.712. The molecule has 1 aromatic carbocycles. The summed E-state index contributed by atoms with van der Waals surface area (Å²) in [5.41, 5.74) is 0.866. The van der Waals surface area contributed by atoms with Crippen LogP contribution in [-0.4, -0.2) is 45.5 Å². The number of hydrogen-bond acceptors (Lipinski definition) is 5. The zero-order valence-corrected chi connectivity index (χ0v) is 13.3. The first-order chi connectivity index (χ1) is 9.79. The first kappa shape index (κ1) is 17.5. The molecule has 0 unspecified atom stereocenters. The fourth-order valence-electron chi connectivity index (χ4n) is 1.98. The molecule has 21 heavy (non-hydrogen) atoms. The average Bonchev–Trinajstić information content (AvgIpc) is 2.38. The molecule has 118 valence electrons. The smallest absolute Gasteiger partial charge is 0.336 e. The molecule has 0 spiro atoms. The third-order valence-electron chi connectivity index (χ3n) is 3.03. The van der Waals surface area contributed by atoms with E-state index in [0.29, 0.717) is 37.4 Å². The summed E-state index contributed by atoms with van der Waals surface area (Å²) in [5.74, 6) is -1.08. The van der Waals surface area contributed by atoms with Crippen LogP contribution in [0.4, 0.5) is 5.69 Å². The zero-order chi connectivity index (χ0) is 16.0. The summed E-state index contributed by atoms with van der Waals surface area (Å²) in [4.78, 5) is 11.3. The molecular formula is C14H21NO5S. The summed E-state index contributed by atoms with van der Waals surface area (Å²) in [6.45, 7) is 5.20. The van der Waals surface area contributed by atoms with Crippen LogP contribution < -0.4 is 5.32 Å². The highest BCUT2D eigenvalue weighted by atomic mass is 32.2. The Kier molecular flexibility index (Phi) is 6.17. The molecule has 1 aromatic rings. The highest BCUT2D eigenvalue weighted by Gasteiger charge is 2.19. The van der Waals surface area contributed by atoms with Crippen LogP contribution in [0.2, 0.25) is 0 Å². The molecule has 0 aromatic heterocycles. The third kappa shape index (κ3) is 4.71. The maximum absolute atomic E-state index is 11.8. The molecule has 0 aliphatic rings. The summed E-state index contributed by atoms with van der Waals surface area (Å²) >= 11 is 0. The largest absolute Gasteiger partial charge is 0.478 e. The number of carbonyl (C=O) groups is 1. The van der Waals surface area contributed by atoms with E-state index in [1.54, 1.807) is 6.92 Å². The molecule has 7 heteroatoms. The number of nitrogens with one attached hydrogen (secondary N) is 1. The zero-order valence-electron chi connectivity index (χ0n) is 12.5. The van der Waals surface area contributed by atoms with Crippen LogP contribution in [-0.2, 0) is 14.6 Å². The number of rotatable bonds is 8. The molecule has 0 saturated heterocycles. The molecule has 0 aliphatic heterocycles.